The summed E-state index contributed by atoms with van der Waals surface area (Å²) in [4.78, 5) is 0. The fraction of sp³-hybridized carbons (Fsp3) is 1.00. The van der Waals surface area contributed by atoms with Crippen LogP contribution in [0.25, 0.3) is 0 Å². The van der Waals surface area contributed by atoms with E-state index in [9.17, 15) is 0 Å². The van der Waals surface area contributed by atoms with Crippen molar-refractivity contribution in [2.24, 2.45) is 11.7 Å². The van der Waals surface area contributed by atoms with Crippen molar-refractivity contribution in [3.63, 3.8) is 0 Å². The molecule has 2 N–H and O–H groups in total. The molecule has 0 radical (unpaired) electrons. The Kier molecular flexibility index (Phi) is 6.39. The lowest BCUT2D eigenvalue weighted by molar-refractivity contribution is 0.0543. The topological polar surface area (TPSA) is 35.2 Å². The van der Waals surface area contributed by atoms with Crippen LogP contribution < -0.4 is 5.73 Å². The smallest absolute Gasteiger partial charge is 0.0697 e. The van der Waals surface area contributed by atoms with Crippen LogP contribution in [0.1, 0.15) is 40.5 Å². The van der Waals surface area contributed by atoms with E-state index in [0.717, 1.165) is 18.9 Å². The Hall–Kier alpha value is -0.0800. The van der Waals surface area contributed by atoms with Gasteiger partial charge in [0, 0.05) is 12.6 Å². The lowest BCUT2D eigenvalue weighted by Crippen LogP contribution is -2.34. The predicted molar refractivity (Wildman–Crippen MR) is 53.1 cm³/mol. The Bertz CT molecular complexity index is 104. The molecule has 2 unspecified atom stereocenters. The number of hydrogen-bond donors (Lipinski definition) is 1. The van der Waals surface area contributed by atoms with Crippen LogP contribution in [0.2, 0.25) is 0 Å². The highest BCUT2D eigenvalue weighted by Gasteiger charge is 2.12. The Balaban J connectivity index is 3.49. The molecule has 0 saturated heterocycles. The predicted octanol–water partition coefficient (Wildman–Crippen LogP) is 2.17. The van der Waals surface area contributed by atoms with Crippen molar-refractivity contribution < 1.29 is 4.74 Å². The molecule has 0 saturated carbocycles. The summed E-state index contributed by atoms with van der Waals surface area (Å²) in [7, 11) is 0. The number of nitrogens with two attached hydrogens (primary N) is 1. The number of ether oxygens (including phenoxy) is 1. The summed E-state index contributed by atoms with van der Waals surface area (Å²) in [6.45, 7) is 9.26. The van der Waals surface area contributed by atoms with Gasteiger partial charge in [-0.25, -0.2) is 0 Å². The van der Waals surface area contributed by atoms with E-state index in [1.54, 1.807) is 0 Å². The largest absolute Gasteiger partial charge is 0.377 e. The standard InChI is InChI=1S/C10H23NO/c1-5-12-9(4)10(11)7-6-8(2)3/h8-10H,5-7,11H2,1-4H3. The fourth-order valence-corrected chi connectivity index (χ4v) is 1.15. The van der Waals surface area contributed by atoms with Gasteiger partial charge in [0.1, 0.15) is 0 Å². The zero-order chi connectivity index (χ0) is 9.56. The summed E-state index contributed by atoms with van der Waals surface area (Å²) in [6, 6.07) is 0.201. The van der Waals surface area contributed by atoms with Gasteiger partial charge in [0.25, 0.3) is 0 Å². The molecule has 74 valence electrons. The second kappa shape index (κ2) is 6.44. The highest BCUT2D eigenvalue weighted by Crippen LogP contribution is 2.09. The second-order valence-corrected chi connectivity index (χ2v) is 3.80. The van der Waals surface area contributed by atoms with Gasteiger partial charge in [-0.1, -0.05) is 13.8 Å². The van der Waals surface area contributed by atoms with Gasteiger partial charge in [0.15, 0.2) is 0 Å². The van der Waals surface area contributed by atoms with Crippen molar-refractivity contribution >= 4 is 0 Å². The minimum Gasteiger partial charge on any atom is -0.377 e. The Labute approximate surface area is 76.5 Å². The zero-order valence-corrected chi connectivity index (χ0v) is 8.84. The van der Waals surface area contributed by atoms with E-state index in [0.29, 0.717) is 0 Å². The molecule has 2 heteroatoms. The Morgan fingerprint density at radius 2 is 1.75 bits per heavy atom. The van der Waals surface area contributed by atoms with Crippen LogP contribution in [0.5, 0.6) is 0 Å². The van der Waals surface area contributed by atoms with Crippen LogP contribution in [0.3, 0.4) is 0 Å². The van der Waals surface area contributed by atoms with Crippen molar-refractivity contribution in [1.29, 1.82) is 0 Å². The van der Waals surface area contributed by atoms with Crippen LogP contribution in [0, 0.1) is 5.92 Å². The molecular weight excluding hydrogens is 150 g/mol. The lowest BCUT2D eigenvalue weighted by atomic mass is 10.0. The van der Waals surface area contributed by atoms with E-state index in [-0.39, 0.29) is 12.1 Å². The van der Waals surface area contributed by atoms with Gasteiger partial charge in [-0.2, -0.15) is 0 Å². The quantitative estimate of drug-likeness (QED) is 0.668. The van der Waals surface area contributed by atoms with Crippen LogP contribution in [0.4, 0.5) is 0 Å². The third-order valence-corrected chi connectivity index (χ3v) is 2.11. The van der Waals surface area contributed by atoms with Gasteiger partial charge in [0.2, 0.25) is 0 Å². The molecule has 0 aromatic carbocycles. The average molecular weight is 173 g/mol. The summed E-state index contributed by atoms with van der Waals surface area (Å²) < 4.78 is 5.41. The summed E-state index contributed by atoms with van der Waals surface area (Å²) in [5, 5.41) is 0. The molecule has 2 atom stereocenters. The molecule has 0 heterocycles. The summed E-state index contributed by atoms with van der Waals surface area (Å²) in [6.07, 6.45) is 2.46. The van der Waals surface area contributed by atoms with Crippen LogP contribution >= 0.6 is 0 Å². The first-order chi connectivity index (χ1) is 5.57. The summed E-state index contributed by atoms with van der Waals surface area (Å²) in [5.41, 5.74) is 5.93. The molecule has 0 rings (SSSR count). The van der Waals surface area contributed by atoms with Crippen molar-refractivity contribution in [3.05, 3.63) is 0 Å². The minimum atomic E-state index is 0.201. The van der Waals surface area contributed by atoms with Gasteiger partial charge >= 0.3 is 0 Å². The normalized spacial score (nSPS) is 16.5. The molecule has 0 aromatic rings. The average Bonchev–Trinajstić information content (AvgIpc) is 2.00. The van der Waals surface area contributed by atoms with Crippen molar-refractivity contribution in [3.8, 4) is 0 Å². The van der Waals surface area contributed by atoms with Gasteiger partial charge in [-0.3, -0.25) is 0 Å². The molecule has 0 aliphatic carbocycles. The van der Waals surface area contributed by atoms with Crippen LogP contribution in [0.15, 0.2) is 0 Å². The number of rotatable bonds is 6. The minimum absolute atomic E-state index is 0.201. The van der Waals surface area contributed by atoms with Crippen molar-refractivity contribution in [2.75, 3.05) is 6.61 Å². The monoisotopic (exact) mass is 173 g/mol. The molecule has 0 aliphatic heterocycles. The maximum atomic E-state index is 5.93. The first-order valence-electron chi connectivity index (χ1n) is 4.95. The van der Waals surface area contributed by atoms with Gasteiger partial charge in [-0.05, 0) is 32.6 Å². The van der Waals surface area contributed by atoms with E-state index in [1.807, 2.05) is 6.92 Å². The van der Waals surface area contributed by atoms with Gasteiger partial charge in [0.05, 0.1) is 6.10 Å². The summed E-state index contributed by atoms with van der Waals surface area (Å²) >= 11 is 0. The molecule has 0 amide bonds. The Morgan fingerprint density at radius 1 is 1.17 bits per heavy atom. The first-order valence-corrected chi connectivity index (χ1v) is 4.95. The highest BCUT2D eigenvalue weighted by molar-refractivity contribution is 4.69. The summed E-state index contributed by atoms with van der Waals surface area (Å²) in [5.74, 6) is 0.741. The molecule has 0 bridgehead atoms. The van der Waals surface area contributed by atoms with E-state index in [2.05, 4.69) is 20.8 Å². The molecule has 0 aromatic heterocycles. The van der Waals surface area contributed by atoms with Crippen LogP contribution in [-0.4, -0.2) is 18.8 Å². The highest BCUT2D eigenvalue weighted by atomic mass is 16.5. The van der Waals surface area contributed by atoms with Crippen LogP contribution in [-0.2, 0) is 4.74 Å². The molecule has 2 nitrogen and oxygen atoms in total. The van der Waals surface area contributed by atoms with E-state index in [1.165, 1.54) is 6.42 Å². The maximum absolute atomic E-state index is 5.93. The molecule has 12 heavy (non-hydrogen) atoms. The number of hydrogen-bond acceptors (Lipinski definition) is 2. The van der Waals surface area contributed by atoms with Gasteiger partial charge in [-0.15, -0.1) is 0 Å². The van der Waals surface area contributed by atoms with E-state index < -0.39 is 0 Å². The van der Waals surface area contributed by atoms with E-state index in [4.69, 9.17) is 10.5 Å². The molecular formula is C10H23NO. The molecule has 0 spiro atoms. The maximum Gasteiger partial charge on any atom is 0.0697 e. The van der Waals surface area contributed by atoms with Gasteiger partial charge < -0.3 is 10.5 Å². The zero-order valence-electron chi connectivity index (χ0n) is 8.84. The molecule has 0 aliphatic rings. The second-order valence-electron chi connectivity index (χ2n) is 3.80. The van der Waals surface area contributed by atoms with E-state index >= 15 is 0 Å². The SMILES string of the molecule is CCOC(C)C(N)CCC(C)C. The first kappa shape index (κ1) is 11.9. The fourth-order valence-electron chi connectivity index (χ4n) is 1.15. The third kappa shape index (κ3) is 5.56. The lowest BCUT2D eigenvalue weighted by Gasteiger charge is -2.20. The molecule has 0 fully saturated rings. The Morgan fingerprint density at radius 3 is 2.17 bits per heavy atom. The third-order valence-electron chi connectivity index (χ3n) is 2.11. The van der Waals surface area contributed by atoms with Crippen molar-refractivity contribution in [2.45, 2.75) is 52.7 Å². The van der Waals surface area contributed by atoms with Crippen molar-refractivity contribution in [1.82, 2.24) is 0 Å².